The molecular formula is C20H15F2N3O3S. The van der Waals surface area contributed by atoms with Crippen LogP contribution in [0.25, 0.3) is 11.3 Å². The minimum atomic E-state index is -2.95. The number of alkyl halides is 2. The molecule has 148 valence electrons. The molecule has 29 heavy (non-hydrogen) atoms. The molecule has 0 bridgehead atoms. The van der Waals surface area contributed by atoms with Crippen molar-refractivity contribution in [3.8, 4) is 17.0 Å². The Morgan fingerprint density at radius 1 is 1.21 bits per heavy atom. The predicted molar refractivity (Wildman–Crippen MR) is 105 cm³/mol. The highest BCUT2D eigenvalue weighted by Crippen LogP contribution is 2.35. The summed E-state index contributed by atoms with van der Waals surface area (Å²) in [6.07, 6.45) is 0.0339. The van der Waals surface area contributed by atoms with Crippen molar-refractivity contribution in [3.63, 3.8) is 0 Å². The molecule has 3 aromatic rings. The van der Waals surface area contributed by atoms with Crippen LogP contribution in [0.1, 0.15) is 17.9 Å². The van der Waals surface area contributed by atoms with Crippen LogP contribution in [0, 0.1) is 0 Å². The minimum Gasteiger partial charge on any atom is -0.434 e. The van der Waals surface area contributed by atoms with E-state index in [2.05, 4.69) is 20.4 Å². The normalized spacial score (nSPS) is 15.6. The van der Waals surface area contributed by atoms with Gasteiger partial charge in [-0.15, -0.1) is 11.3 Å². The van der Waals surface area contributed by atoms with E-state index in [0.29, 0.717) is 22.1 Å². The molecule has 1 aliphatic rings. The van der Waals surface area contributed by atoms with E-state index in [0.717, 1.165) is 16.9 Å². The molecule has 4 rings (SSSR count). The van der Waals surface area contributed by atoms with E-state index >= 15 is 0 Å². The number of para-hydroxylation sites is 2. The first-order valence-electron chi connectivity index (χ1n) is 8.70. The third kappa shape index (κ3) is 4.09. The average molecular weight is 415 g/mol. The Kier molecular flexibility index (Phi) is 5.22. The first-order valence-corrected chi connectivity index (χ1v) is 9.58. The van der Waals surface area contributed by atoms with E-state index in [1.807, 2.05) is 0 Å². The smallest absolute Gasteiger partial charge is 0.387 e. The number of halogens is 2. The number of ether oxygens (including phenoxy) is 1. The number of aromatic nitrogens is 1. The van der Waals surface area contributed by atoms with Crippen molar-refractivity contribution < 1.29 is 23.1 Å². The van der Waals surface area contributed by atoms with Crippen molar-refractivity contribution >= 4 is 34.0 Å². The van der Waals surface area contributed by atoms with Crippen LogP contribution in [0.4, 0.5) is 19.6 Å². The molecule has 2 aromatic carbocycles. The summed E-state index contributed by atoms with van der Waals surface area (Å²) in [5, 5.41) is 7.42. The van der Waals surface area contributed by atoms with E-state index in [1.54, 1.807) is 47.8 Å². The lowest BCUT2D eigenvalue weighted by atomic mass is 9.90. The molecule has 2 heterocycles. The van der Waals surface area contributed by atoms with Gasteiger partial charge in [-0.3, -0.25) is 9.59 Å². The zero-order valence-corrected chi connectivity index (χ0v) is 15.7. The minimum absolute atomic E-state index is 0.00329. The molecule has 2 amide bonds. The van der Waals surface area contributed by atoms with Crippen LogP contribution in [0.2, 0.25) is 0 Å². The largest absolute Gasteiger partial charge is 0.434 e. The fraction of sp³-hybridized carbons (Fsp3) is 0.150. The number of hydrogen-bond donors (Lipinski definition) is 2. The van der Waals surface area contributed by atoms with Crippen LogP contribution >= 0.6 is 11.3 Å². The van der Waals surface area contributed by atoms with Gasteiger partial charge in [0.2, 0.25) is 11.8 Å². The molecule has 6 nitrogen and oxygen atoms in total. The molecule has 0 saturated heterocycles. The van der Waals surface area contributed by atoms with E-state index in [9.17, 15) is 18.4 Å². The Bertz CT molecular complexity index is 1070. The molecular weight excluding hydrogens is 400 g/mol. The summed E-state index contributed by atoms with van der Waals surface area (Å²) in [5.74, 6) is -1.22. The highest BCUT2D eigenvalue weighted by molar-refractivity contribution is 7.14. The number of hydrogen-bond acceptors (Lipinski definition) is 5. The average Bonchev–Trinajstić information content (AvgIpc) is 3.15. The fourth-order valence-electron chi connectivity index (χ4n) is 3.17. The molecule has 1 unspecified atom stereocenters. The van der Waals surface area contributed by atoms with Crippen LogP contribution in [0.15, 0.2) is 53.9 Å². The number of carbonyl (C=O) groups is 2. The number of amides is 2. The van der Waals surface area contributed by atoms with Gasteiger partial charge in [0.1, 0.15) is 5.75 Å². The second-order valence-corrected chi connectivity index (χ2v) is 7.15. The highest BCUT2D eigenvalue weighted by Gasteiger charge is 2.31. The van der Waals surface area contributed by atoms with Crippen molar-refractivity contribution in [1.82, 2.24) is 4.98 Å². The zero-order chi connectivity index (χ0) is 20.4. The predicted octanol–water partition coefficient (Wildman–Crippen LogP) is 4.48. The van der Waals surface area contributed by atoms with E-state index in [1.165, 1.54) is 6.07 Å². The Labute approximate surface area is 168 Å². The molecule has 2 N–H and O–H groups in total. The maximum Gasteiger partial charge on any atom is 0.387 e. The molecule has 0 fully saturated rings. The fourth-order valence-corrected chi connectivity index (χ4v) is 3.88. The van der Waals surface area contributed by atoms with Gasteiger partial charge in [0.15, 0.2) is 5.13 Å². The number of nitrogens with one attached hydrogen (secondary N) is 2. The molecule has 0 spiro atoms. The maximum atomic E-state index is 12.8. The van der Waals surface area contributed by atoms with Gasteiger partial charge in [-0.2, -0.15) is 8.78 Å². The third-order valence-electron chi connectivity index (χ3n) is 4.43. The number of thiazole rings is 1. The maximum absolute atomic E-state index is 12.8. The van der Waals surface area contributed by atoms with Crippen molar-refractivity contribution in [2.24, 2.45) is 0 Å². The Morgan fingerprint density at radius 2 is 1.97 bits per heavy atom. The summed E-state index contributed by atoms with van der Waals surface area (Å²) >= 11 is 1.16. The number of benzene rings is 2. The first kappa shape index (κ1) is 19.0. The summed E-state index contributed by atoms with van der Waals surface area (Å²) in [4.78, 5) is 29.0. The summed E-state index contributed by atoms with van der Waals surface area (Å²) in [5.41, 5.74) is 2.15. The molecule has 1 atom stereocenters. The zero-order valence-electron chi connectivity index (χ0n) is 14.9. The quantitative estimate of drug-likeness (QED) is 0.644. The Balaban J connectivity index is 1.55. The SMILES string of the molecule is O=C1CC(C(=O)Nc2nc(-c3ccccc3OC(F)F)cs2)c2ccccc2N1. The van der Waals surface area contributed by atoms with Gasteiger partial charge in [0, 0.05) is 23.1 Å². The van der Waals surface area contributed by atoms with Crippen molar-refractivity contribution in [3.05, 3.63) is 59.5 Å². The third-order valence-corrected chi connectivity index (χ3v) is 5.19. The van der Waals surface area contributed by atoms with E-state index < -0.39 is 12.5 Å². The number of nitrogens with zero attached hydrogens (tertiary/aromatic N) is 1. The van der Waals surface area contributed by atoms with Crippen LogP contribution in [0.5, 0.6) is 5.75 Å². The molecule has 0 saturated carbocycles. The van der Waals surface area contributed by atoms with Crippen LogP contribution in [0.3, 0.4) is 0 Å². The van der Waals surface area contributed by atoms with Gasteiger partial charge < -0.3 is 15.4 Å². The highest BCUT2D eigenvalue weighted by atomic mass is 32.1. The summed E-state index contributed by atoms with van der Waals surface area (Å²) in [6.45, 7) is -2.95. The summed E-state index contributed by atoms with van der Waals surface area (Å²) in [7, 11) is 0. The van der Waals surface area contributed by atoms with Gasteiger partial charge >= 0.3 is 6.61 Å². The summed E-state index contributed by atoms with van der Waals surface area (Å²) in [6, 6.07) is 13.4. The lowest BCUT2D eigenvalue weighted by Gasteiger charge is -2.24. The molecule has 1 aromatic heterocycles. The Hall–Kier alpha value is -3.33. The number of rotatable bonds is 5. The molecule has 9 heteroatoms. The molecule has 1 aliphatic heterocycles. The second-order valence-electron chi connectivity index (χ2n) is 6.29. The molecule has 0 aliphatic carbocycles. The van der Waals surface area contributed by atoms with Gasteiger partial charge in [-0.1, -0.05) is 30.3 Å². The Morgan fingerprint density at radius 3 is 2.79 bits per heavy atom. The lowest BCUT2D eigenvalue weighted by Crippen LogP contribution is -2.30. The topological polar surface area (TPSA) is 80.3 Å². The van der Waals surface area contributed by atoms with Crippen LogP contribution in [-0.2, 0) is 9.59 Å². The molecule has 0 radical (unpaired) electrons. The van der Waals surface area contributed by atoms with Crippen molar-refractivity contribution in [1.29, 1.82) is 0 Å². The number of carbonyl (C=O) groups excluding carboxylic acids is 2. The van der Waals surface area contributed by atoms with Crippen LogP contribution < -0.4 is 15.4 Å². The van der Waals surface area contributed by atoms with Gasteiger partial charge in [0.25, 0.3) is 0 Å². The van der Waals surface area contributed by atoms with E-state index in [4.69, 9.17) is 0 Å². The standard InChI is InChI=1S/C20H15F2N3O3S/c21-19(22)28-16-8-4-2-6-12(16)15-10-29-20(24-15)25-18(27)13-9-17(26)23-14-7-3-1-5-11(13)14/h1-8,10,13,19H,9H2,(H,23,26)(H,24,25,27). The number of anilines is 2. The van der Waals surface area contributed by atoms with Crippen LogP contribution in [-0.4, -0.2) is 23.4 Å². The monoisotopic (exact) mass is 415 g/mol. The van der Waals surface area contributed by atoms with Gasteiger partial charge in [-0.25, -0.2) is 4.98 Å². The second kappa shape index (κ2) is 7.96. The first-order chi connectivity index (χ1) is 14.0. The number of fused-ring (bicyclic) bond motifs is 1. The van der Waals surface area contributed by atoms with Crippen molar-refractivity contribution in [2.75, 3.05) is 10.6 Å². The van der Waals surface area contributed by atoms with Gasteiger partial charge in [0.05, 0.1) is 11.6 Å². The van der Waals surface area contributed by atoms with Gasteiger partial charge in [-0.05, 0) is 23.8 Å². The van der Waals surface area contributed by atoms with E-state index in [-0.39, 0.29) is 24.0 Å². The lowest BCUT2D eigenvalue weighted by molar-refractivity contribution is -0.123. The summed E-state index contributed by atoms with van der Waals surface area (Å²) < 4.78 is 29.8. The van der Waals surface area contributed by atoms with Crippen molar-refractivity contribution in [2.45, 2.75) is 19.0 Å².